The summed E-state index contributed by atoms with van der Waals surface area (Å²) >= 11 is 0. The van der Waals surface area contributed by atoms with Gasteiger partial charge in [0.25, 0.3) is 0 Å². The molecule has 4 rings (SSSR count). The first kappa shape index (κ1) is 17.1. The number of benzene rings is 1. The summed E-state index contributed by atoms with van der Waals surface area (Å²) < 4.78 is 10.7. The maximum Gasteiger partial charge on any atom is 0.231 e. The molecular weight excluding hydrogens is 334 g/mol. The fourth-order valence-corrected chi connectivity index (χ4v) is 3.90. The van der Waals surface area contributed by atoms with Crippen LogP contribution in [0.5, 0.6) is 11.5 Å². The molecule has 7 heteroatoms. The maximum atomic E-state index is 12.6. The lowest BCUT2D eigenvalue weighted by Crippen LogP contribution is -2.46. The van der Waals surface area contributed by atoms with E-state index in [0.29, 0.717) is 18.0 Å². The first-order valence-electron chi connectivity index (χ1n) is 9.37. The number of piperidine rings is 1. The van der Waals surface area contributed by atoms with Crippen LogP contribution in [0.1, 0.15) is 26.2 Å². The second kappa shape index (κ2) is 7.15. The summed E-state index contributed by atoms with van der Waals surface area (Å²) in [7, 11) is 0. The minimum Gasteiger partial charge on any atom is -0.454 e. The Labute approximate surface area is 153 Å². The molecule has 26 heavy (non-hydrogen) atoms. The van der Waals surface area contributed by atoms with Gasteiger partial charge in [0.2, 0.25) is 18.6 Å². The molecule has 0 bridgehead atoms. The highest BCUT2D eigenvalue weighted by Crippen LogP contribution is 2.37. The Kier molecular flexibility index (Phi) is 4.72. The van der Waals surface area contributed by atoms with E-state index in [2.05, 4.69) is 17.1 Å². The van der Waals surface area contributed by atoms with Crippen LogP contribution < -0.4 is 19.7 Å². The van der Waals surface area contributed by atoms with Crippen molar-refractivity contribution >= 4 is 17.5 Å². The molecule has 0 saturated carbocycles. The molecule has 3 aliphatic rings. The quantitative estimate of drug-likeness (QED) is 0.879. The lowest BCUT2D eigenvalue weighted by atomic mass is 10.0. The lowest BCUT2D eigenvalue weighted by molar-refractivity contribution is -0.127. The average Bonchev–Trinajstić information content (AvgIpc) is 3.28. The van der Waals surface area contributed by atoms with Gasteiger partial charge >= 0.3 is 0 Å². The van der Waals surface area contributed by atoms with Crippen molar-refractivity contribution in [2.24, 2.45) is 5.92 Å². The molecule has 0 spiro atoms. The van der Waals surface area contributed by atoms with Gasteiger partial charge in [-0.05, 0) is 31.5 Å². The van der Waals surface area contributed by atoms with Gasteiger partial charge in [-0.1, -0.05) is 6.92 Å². The van der Waals surface area contributed by atoms with Crippen molar-refractivity contribution < 1.29 is 19.1 Å². The summed E-state index contributed by atoms with van der Waals surface area (Å²) in [4.78, 5) is 29.1. The Bertz CT molecular complexity index is 700. The molecular formula is C19H25N3O4. The van der Waals surface area contributed by atoms with Crippen LogP contribution in [-0.4, -0.2) is 55.7 Å². The predicted octanol–water partition coefficient (Wildman–Crippen LogP) is 1.37. The van der Waals surface area contributed by atoms with Crippen LogP contribution in [0.3, 0.4) is 0 Å². The number of rotatable bonds is 4. The highest BCUT2D eigenvalue weighted by molar-refractivity contribution is 6.00. The fourth-order valence-electron chi connectivity index (χ4n) is 3.90. The Morgan fingerprint density at radius 3 is 2.77 bits per heavy atom. The summed E-state index contributed by atoms with van der Waals surface area (Å²) in [5.41, 5.74) is 0.755. The normalized spacial score (nSPS) is 23.5. The molecule has 140 valence electrons. The standard InChI is InChI=1S/C19H25N3O4/c1-2-21-7-5-14(6-8-21)20-19(24)13-9-18(23)22(11-13)15-3-4-16-17(10-15)26-12-25-16/h3-4,10,13-14H,2,5-9,11-12H2,1H3,(H,20,24)/t13-/m1/s1. The van der Waals surface area contributed by atoms with Crippen molar-refractivity contribution in [3.8, 4) is 11.5 Å². The number of likely N-dealkylation sites (tertiary alicyclic amines) is 1. The van der Waals surface area contributed by atoms with Gasteiger partial charge in [0.15, 0.2) is 11.5 Å². The van der Waals surface area contributed by atoms with Gasteiger partial charge < -0.3 is 24.6 Å². The van der Waals surface area contributed by atoms with Crippen molar-refractivity contribution in [3.63, 3.8) is 0 Å². The second-order valence-corrected chi connectivity index (χ2v) is 7.16. The SMILES string of the molecule is CCN1CCC(NC(=O)[C@@H]2CC(=O)N(c3ccc4c(c3)OCO4)C2)CC1. The monoisotopic (exact) mass is 359 g/mol. The van der Waals surface area contributed by atoms with Crippen molar-refractivity contribution in [1.29, 1.82) is 0 Å². The molecule has 0 unspecified atom stereocenters. The van der Waals surface area contributed by atoms with Gasteiger partial charge in [0, 0.05) is 43.9 Å². The molecule has 0 radical (unpaired) electrons. The van der Waals surface area contributed by atoms with E-state index in [4.69, 9.17) is 9.47 Å². The number of nitrogens with one attached hydrogen (secondary N) is 1. The van der Waals surface area contributed by atoms with Gasteiger partial charge in [-0.3, -0.25) is 9.59 Å². The molecule has 0 aromatic heterocycles. The van der Waals surface area contributed by atoms with E-state index in [1.54, 1.807) is 17.0 Å². The van der Waals surface area contributed by atoms with Crippen molar-refractivity contribution in [2.75, 3.05) is 37.9 Å². The van der Waals surface area contributed by atoms with Gasteiger partial charge in [-0.2, -0.15) is 0 Å². The summed E-state index contributed by atoms with van der Waals surface area (Å²) in [6, 6.07) is 5.67. The molecule has 3 heterocycles. The van der Waals surface area contributed by atoms with Crippen LogP contribution in [0.2, 0.25) is 0 Å². The minimum atomic E-state index is -0.294. The van der Waals surface area contributed by atoms with Crippen LogP contribution in [0.25, 0.3) is 0 Å². The number of ether oxygens (including phenoxy) is 2. The zero-order valence-corrected chi connectivity index (χ0v) is 15.1. The number of anilines is 1. The third kappa shape index (κ3) is 3.35. The van der Waals surface area contributed by atoms with E-state index >= 15 is 0 Å². The molecule has 2 amide bonds. The second-order valence-electron chi connectivity index (χ2n) is 7.16. The molecule has 1 aromatic rings. The summed E-state index contributed by atoms with van der Waals surface area (Å²) in [5, 5.41) is 3.15. The van der Waals surface area contributed by atoms with E-state index < -0.39 is 0 Å². The number of amides is 2. The summed E-state index contributed by atoms with van der Waals surface area (Å²) in [5.74, 6) is 1.01. The first-order chi connectivity index (χ1) is 12.6. The van der Waals surface area contributed by atoms with E-state index in [1.807, 2.05) is 6.07 Å². The van der Waals surface area contributed by atoms with Crippen molar-refractivity contribution in [1.82, 2.24) is 10.2 Å². The van der Waals surface area contributed by atoms with Crippen LogP contribution in [0, 0.1) is 5.92 Å². The fraction of sp³-hybridized carbons (Fsp3) is 0.579. The van der Waals surface area contributed by atoms with Crippen LogP contribution in [-0.2, 0) is 9.59 Å². The molecule has 1 N–H and O–H groups in total. The molecule has 1 atom stereocenters. The highest BCUT2D eigenvalue weighted by atomic mass is 16.7. The van der Waals surface area contributed by atoms with E-state index in [1.165, 1.54) is 0 Å². The van der Waals surface area contributed by atoms with Crippen LogP contribution in [0.4, 0.5) is 5.69 Å². The molecule has 2 saturated heterocycles. The number of hydrogen-bond acceptors (Lipinski definition) is 5. The molecule has 3 aliphatic heterocycles. The Hall–Kier alpha value is -2.28. The Morgan fingerprint density at radius 1 is 1.23 bits per heavy atom. The number of fused-ring (bicyclic) bond motifs is 1. The number of carbonyl (C=O) groups is 2. The lowest BCUT2D eigenvalue weighted by Gasteiger charge is -2.32. The van der Waals surface area contributed by atoms with Crippen molar-refractivity contribution in [2.45, 2.75) is 32.2 Å². The molecule has 0 aliphatic carbocycles. The average molecular weight is 359 g/mol. The molecule has 2 fully saturated rings. The highest BCUT2D eigenvalue weighted by Gasteiger charge is 2.36. The summed E-state index contributed by atoms with van der Waals surface area (Å²) in [6.45, 7) is 5.88. The third-order valence-corrected chi connectivity index (χ3v) is 5.54. The molecule has 7 nitrogen and oxygen atoms in total. The topological polar surface area (TPSA) is 71.1 Å². The van der Waals surface area contributed by atoms with Crippen LogP contribution >= 0.6 is 0 Å². The number of carbonyl (C=O) groups excluding carboxylic acids is 2. The van der Waals surface area contributed by atoms with E-state index in [-0.39, 0.29) is 37.0 Å². The largest absolute Gasteiger partial charge is 0.454 e. The smallest absolute Gasteiger partial charge is 0.231 e. The number of hydrogen-bond donors (Lipinski definition) is 1. The first-order valence-corrected chi connectivity index (χ1v) is 9.37. The van der Waals surface area contributed by atoms with E-state index in [9.17, 15) is 9.59 Å². The summed E-state index contributed by atoms with van der Waals surface area (Å²) in [6.07, 6.45) is 2.21. The molecule has 1 aromatic carbocycles. The van der Waals surface area contributed by atoms with E-state index in [0.717, 1.165) is 38.2 Å². The zero-order valence-electron chi connectivity index (χ0n) is 15.1. The van der Waals surface area contributed by atoms with Gasteiger partial charge in [-0.15, -0.1) is 0 Å². The maximum absolute atomic E-state index is 12.6. The van der Waals surface area contributed by atoms with Crippen LogP contribution in [0.15, 0.2) is 18.2 Å². The minimum absolute atomic E-state index is 0.00320. The van der Waals surface area contributed by atoms with Gasteiger partial charge in [-0.25, -0.2) is 0 Å². The number of nitrogens with zero attached hydrogens (tertiary/aromatic N) is 2. The van der Waals surface area contributed by atoms with Crippen molar-refractivity contribution in [3.05, 3.63) is 18.2 Å². The van der Waals surface area contributed by atoms with Gasteiger partial charge in [0.05, 0.1) is 5.92 Å². The third-order valence-electron chi connectivity index (χ3n) is 5.54. The predicted molar refractivity (Wildman–Crippen MR) is 96.3 cm³/mol. The van der Waals surface area contributed by atoms with Gasteiger partial charge in [0.1, 0.15) is 0 Å². The zero-order chi connectivity index (χ0) is 18.1. The Balaban J connectivity index is 1.36. The Morgan fingerprint density at radius 2 is 2.00 bits per heavy atom.